The molecule has 0 unspecified atom stereocenters. The number of hydrogen-bond acceptors (Lipinski definition) is 3. The molecule has 1 rings (SSSR count). The zero-order valence-electron chi connectivity index (χ0n) is 9.12. The van der Waals surface area contributed by atoms with Gasteiger partial charge in [-0.15, -0.1) is 0 Å². The van der Waals surface area contributed by atoms with Gasteiger partial charge in [-0.2, -0.15) is 0 Å². The highest BCUT2D eigenvalue weighted by Gasteiger charge is 2.08. The van der Waals surface area contributed by atoms with Crippen molar-refractivity contribution in [3.05, 3.63) is 23.5 Å². The van der Waals surface area contributed by atoms with Gasteiger partial charge >= 0.3 is 0 Å². The molecule has 0 radical (unpaired) electrons. The molecule has 82 valence electrons. The van der Waals surface area contributed by atoms with Gasteiger partial charge in [-0.1, -0.05) is 13.3 Å². The molecule has 1 heterocycles. The third-order valence-electron chi connectivity index (χ3n) is 2.22. The van der Waals surface area contributed by atoms with E-state index in [1.165, 1.54) is 0 Å². The summed E-state index contributed by atoms with van der Waals surface area (Å²) >= 11 is 0. The minimum Gasteiger partial charge on any atom is -0.496 e. The molecule has 0 atom stereocenters. The maximum absolute atomic E-state index is 10.9. The fraction of sp³-hybridized carbons (Fsp3) is 0.455. The van der Waals surface area contributed by atoms with E-state index in [1.807, 2.05) is 0 Å². The summed E-state index contributed by atoms with van der Waals surface area (Å²) in [5, 5.41) is 0. The third-order valence-corrected chi connectivity index (χ3v) is 2.22. The SMILES string of the molecule is CCCCc1cnc(C(N)=O)cc1OC. The Morgan fingerprint density at radius 3 is 2.87 bits per heavy atom. The summed E-state index contributed by atoms with van der Waals surface area (Å²) in [4.78, 5) is 14.9. The van der Waals surface area contributed by atoms with E-state index in [9.17, 15) is 4.79 Å². The molecule has 1 aromatic rings. The Bertz CT molecular complexity index is 350. The van der Waals surface area contributed by atoms with Crippen molar-refractivity contribution in [3.63, 3.8) is 0 Å². The number of nitrogens with zero attached hydrogens (tertiary/aromatic N) is 1. The Hall–Kier alpha value is -1.58. The summed E-state index contributed by atoms with van der Waals surface area (Å²) in [7, 11) is 1.58. The molecule has 0 saturated carbocycles. The van der Waals surface area contributed by atoms with Gasteiger partial charge in [0.2, 0.25) is 0 Å². The summed E-state index contributed by atoms with van der Waals surface area (Å²) in [6.45, 7) is 2.12. The molecule has 0 aromatic carbocycles. The summed E-state index contributed by atoms with van der Waals surface area (Å²) in [6.07, 6.45) is 4.76. The number of carbonyl (C=O) groups is 1. The predicted octanol–water partition coefficient (Wildman–Crippen LogP) is 1.53. The van der Waals surface area contributed by atoms with Crippen LogP contribution in [0.4, 0.5) is 0 Å². The number of primary amides is 1. The van der Waals surface area contributed by atoms with E-state index in [0.717, 1.165) is 24.8 Å². The molecular formula is C11H16N2O2. The zero-order chi connectivity index (χ0) is 11.3. The summed E-state index contributed by atoms with van der Waals surface area (Å²) in [5.74, 6) is 0.155. The Morgan fingerprint density at radius 1 is 1.60 bits per heavy atom. The second-order valence-corrected chi connectivity index (χ2v) is 3.35. The first kappa shape index (κ1) is 11.5. The second-order valence-electron chi connectivity index (χ2n) is 3.35. The molecule has 1 aromatic heterocycles. The van der Waals surface area contributed by atoms with E-state index < -0.39 is 5.91 Å². The largest absolute Gasteiger partial charge is 0.496 e. The molecule has 4 nitrogen and oxygen atoms in total. The van der Waals surface area contributed by atoms with Gasteiger partial charge in [0.05, 0.1) is 7.11 Å². The first-order valence-electron chi connectivity index (χ1n) is 5.01. The van der Waals surface area contributed by atoms with Crippen LogP contribution in [-0.2, 0) is 6.42 Å². The van der Waals surface area contributed by atoms with E-state index in [1.54, 1.807) is 19.4 Å². The molecule has 0 aliphatic heterocycles. The molecule has 15 heavy (non-hydrogen) atoms. The quantitative estimate of drug-likeness (QED) is 0.798. The van der Waals surface area contributed by atoms with Crippen LogP contribution >= 0.6 is 0 Å². The van der Waals surface area contributed by atoms with Gasteiger partial charge in [-0.3, -0.25) is 9.78 Å². The molecule has 2 N–H and O–H groups in total. The smallest absolute Gasteiger partial charge is 0.267 e. The third kappa shape index (κ3) is 2.94. The minimum atomic E-state index is -0.532. The molecular weight excluding hydrogens is 192 g/mol. The van der Waals surface area contributed by atoms with E-state index in [4.69, 9.17) is 10.5 Å². The number of rotatable bonds is 5. The van der Waals surface area contributed by atoms with E-state index in [-0.39, 0.29) is 5.69 Å². The van der Waals surface area contributed by atoms with Crippen LogP contribution in [0.3, 0.4) is 0 Å². The minimum absolute atomic E-state index is 0.243. The lowest BCUT2D eigenvalue weighted by atomic mass is 10.1. The number of nitrogens with two attached hydrogens (primary N) is 1. The molecule has 0 aliphatic carbocycles. The maximum atomic E-state index is 10.9. The van der Waals surface area contributed by atoms with Crippen molar-refractivity contribution in [3.8, 4) is 5.75 Å². The Morgan fingerprint density at radius 2 is 2.33 bits per heavy atom. The summed E-state index contributed by atoms with van der Waals surface area (Å²) < 4.78 is 5.19. The average Bonchev–Trinajstić information content (AvgIpc) is 2.25. The van der Waals surface area contributed by atoms with Crippen LogP contribution < -0.4 is 10.5 Å². The Labute approximate surface area is 89.5 Å². The van der Waals surface area contributed by atoms with Gasteiger partial charge in [0.1, 0.15) is 11.4 Å². The lowest BCUT2D eigenvalue weighted by Crippen LogP contribution is -2.13. The van der Waals surface area contributed by atoms with Crippen LogP contribution in [0.25, 0.3) is 0 Å². The number of amides is 1. The lowest BCUT2D eigenvalue weighted by Gasteiger charge is -2.08. The van der Waals surface area contributed by atoms with Crippen molar-refractivity contribution < 1.29 is 9.53 Å². The number of aryl methyl sites for hydroxylation is 1. The zero-order valence-corrected chi connectivity index (χ0v) is 9.12. The van der Waals surface area contributed by atoms with Crippen LogP contribution in [0.5, 0.6) is 5.75 Å². The molecule has 0 saturated heterocycles. The monoisotopic (exact) mass is 208 g/mol. The number of hydrogen-bond donors (Lipinski definition) is 1. The normalized spacial score (nSPS) is 10.0. The van der Waals surface area contributed by atoms with Gasteiger partial charge in [-0.05, 0) is 12.8 Å². The van der Waals surface area contributed by atoms with Crippen LogP contribution in [0.1, 0.15) is 35.8 Å². The fourth-order valence-electron chi connectivity index (χ4n) is 1.34. The van der Waals surface area contributed by atoms with E-state index in [0.29, 0.717) is 5.75 Å². The highest BCUT2D eigenvalue weighted by Crippen LogP contribution is 2.20. The van der Waals surface area contributed by atoms with Crippen molar-refractivity contribution in [1.82, 2.24) is 4.98 Å². The van der Waals surface area contributed by atoms with Crippen molar-refractivity contribution in [2.45, 2.75) is 26.2 Å². The molecule has 1 amide bonds. The van der Waals surface area contributed by atoms with Gasteiger partial charge in [-0.25, -0.2) is 0 Å². The van der Waals surface area contributed by atoms with Crippen molar-refractivity contribution >= 4 is 5.91 Å². The average molecular weight is 208 g/mol. The predicted molar refractivity (Wildman–Crippen MR) is 57.9 cm³/mol. The number of pyridine rings is 1. The van der Waals surface area contributed by atoms with Gasteiger partial charge < -0.3 is 10.5 Å². The Balaban J connectivity index is 2.93. The molecule has 0 aliphatic rings. The standard InChI is InChI=1S/C11H16N2O2/c1-3-4-5-8-7-13-9(11(12)14)6-10(8)15-2/h6-7H,3-5H2,1-2H3,(H2,12,14). The summed E-state index contributed by atoms with van der Waals surface area (Å²) in [5.41, 5.74) is 6.39. The van der Waals surface area contributed by atoms with Crippen LogP contribution in [0, 0.1) is 0 Å². The first-order chi connectivity index (χ1) is 7.19. The molecule has 0 bridgehead atoms. The van der Waals surface area contributed by atoms with Gasteiger partial charge in [0.15, 0.2) is 0 Å². The lowest BCUT2D eigenvalue weighted by molar-refractivity contribution is 0.0995. The Kier molecular flexibility index (Phi) is 4.09. The molecule has 0 spiro atoms. The number of aromatic nitrogens is 1. The number of unbranched alkanes of at least 4 members (excludes halogenated alkanes) is 1. The first-order valence-corrected chi connectivity index (χ1v) is 5.01. The summed E-state index contributed by atoms with van der Waals surface area (Å²) in [6, 6.07) is 1.59. The van der Waals surface area contributed by atoms with Gasteiger partial charge in [0, 0.05) is 17.8 Å². The highest BCUT2D eigenvalue weighted by atomic mass is 16.5. The van der Waals surface area contributed by atoms with Gasteiger partial charge in [0.25, 0.3) is 5.91 Å². The number of methoxy groups -OCH3 is 1. The number of carbonyl (C=O) groups excluding carboxylic acids is 1. The number of ether oxygens (including phenoxy) is 1. The molecule has 4 heteroatoms. The molecule has 0 fully saturated rings. The van der Waals surface area contributed by atoms with Crippen molar-refractivity contribution in [2.24, 2.45) is 5.73 Å². The van der Waals surface area contributed by atoms with Crippen LogP contribution in [0.15, 0.2) is 12.3 Å². The second kappa shape index (κ2) is 5.34. The van der Waals surface area contributed by atoms with Crippen LogP contribution in [0.2, 0.25) is 0 Å². The van der Waals surface area contributed by atoms with Crippen molar-refractivity contribution in [2.75, 3.05) is 7.11 Å². The fourth-order valence-corrected chi connectivity index (χ4v) is 1.34. The van der Waals surface area contributed by atoms with Crippen LogP contribution in [-0.4, -0.2) is 18.0 Å². The maximum Gasteiger partial charge on any atom is 0.267 e. The van der Waals surface area contributed by atoms with E-state index >= 15 is 0 Å². The van der Waals surface area contributed by atoms with E-state index in [2.05, 4.69) is 11.9 Å². The highest BCUT2D eigenvalue weighted by molar-refractivity contribution is 5.91. The topological polar surface area (TPSA) is 65.2 Å². The van der Waals surface area contributed by atoms with Crippen molar-refractivity contribution in [1.29, 1.82) is 0 Å².